The number of halogens is 1. The van der Waals surface area contributed by atoms with Gasteiger partial charge < -0.3 is 25.0 Å². The lowest BCUT2D eigenvalue weighted by Crippen LogP contribution is -2.56. The second-order valence-electron chi connectivity index (χ2n) is 10.4. The number of nitrogens with zero attached hydrogens (tertiary/aromatic N) is 1. The quantitative estimate of drug-likeness (QED) is 0.409. The molecule has 8 nitrogen and oxygen atoms in total. The molecule has 2 N–H and O–H groups in total. The molecule has 0 aromatic heterocycles. The Bertz CT molecular complexity index is 1070. The lowest BCUT2D eigenvalue weighted by atomic mass is 9.74. The summed E-state index contributed by atoms with van der Waals surface area (Å²) in [5.41, 5.74) is 0.315. The summed E-state index contributed by atoms with van der Waals surface area (Å²) in [7, 11) is 1.61. The number of carbonyl (C=O) groups excluding carboxylic acids is 3. The van der Waals surface area contributed by atoms with E-state index in [1.165, 1.54) is 6.42 Å². The van der Waals surface area contributed by atoms with Crippen molar-refractivity contribution >= 4 is 35.0 Å². The first kappa shape index (κ1) is 25.2. The Labute approximate surface area is 216 Å². The van der Waals surface area contributed by atoms with E-state index >= 15 is 0 Å². The molecule has 3 fully saturated rings. The Morgan fingerprint density at radius 1 is 1.22 bits per heavy atom. The van der Waals surface area contributed by atoms with E-state index in [-0.39, 0.29) is 23.8 Å². The van der Waals surface area contributed by atoms with Crippen LogP contribution in [0.4, 0.5) is 5.69 Å². The SMILES string of the molecule is COCCCN1C(=O)[C@@H]2[C@H](C(=O)Nc3ccc(C)c(Cl)c3)[C@@H]3C=C[C@@]2(O3)[C@@H]1C(=O)NC1CCCCC1. The van der Waals surface area contributed by atoms with Crippen LogP contribution in [0.1, 0.15) is 44.1 Å². The van der Waals surface area contributed by atoms with Crippen LogP contribution in [0.15, 0.2) is 30.4 Å². The average molecular weight is 516 g/mol. The van der Waals surface area contributed by atoms with Crippen molar-refractivity contribution in [2.75, 3.05) is 25.6 Å². The van der Waals surface area contributed by atoms with Gasteiger partial charge in [0.05, 0.1) is 17.9 Å². The molecule has 0 radical (unpaired) electrons. The van der Waals surface area contributed by atoms with Crippen LogP contribution in [0, 0.1) is 18.8 Å². The molecule has 3 amide bonds. The zero-order valence-corrected chi connectivity index (χ0v) is 21.6. The molecule has 1 aromatic carbocycles. The highest BCUT2D eigenvalue weighted by Crippen LogP contribution is 2.55. The third-order valence-corrected chi connectivity index (χ3v) is 8.47. The molecule has 2 saturated heterocycles. The Kier molecular flexibility index (Phi) is 7.12. The fraction of sp³-hybridized carbons (Fsp3) is 0.593. The molecule has 1 aromatic rings. The number of hydrogen-bond donors (Lipinski definition) is 2. The van der Waals surface area contributed by atoms with Gasteiger partial charge in [-0.15, -0.1) is 0 Å². The predicted octanol–water partition coefficient (Wildman–Crippen LogP) is 3.22. The Morgan fingerprint density at radius 2 is 2.00 bits per heavy atom. The van der Waals surface area contributed by atoms with Crippen LogP contribution in [-0.2, 0) is 23.9 Å². The fourth-order valence-corrected chi connectivity index (χ4v) is 6.49. The number of nitrogens with one attached hydrogen (secondary N) is 2. The minimum absolute atomic E-state index is 0.102. The second-order valence-corrected chi connectivity index (χ2v) is 10.8. The highest BCUT2D eigenvalue weighted by atomic mass is 35.5. The van der Waals surface area contributed by atoms with Gasteiger partial charge in [-0.3, -0.25) is 14.4 Å². The summed E-state index contributed by atoms with van der Waals surface area (Å²) in [6.07, 6.45) is 8.93. The van der Waals surface area contributed by atoms with Gasteiger partial charge in [-0.05, 0) is 43.9 Å². The number of amides is 3. The third-order valence-electron chi connectivity index (χ3n) is 8.06. The van der Waals surface area contributed by atoms with E-state index in [0.29, 0.717) is 30.3 Å². The fourth-order valence-electron chi connectivity index (χ4n) is 6.31. The number of rotatable bonds is 8. The van der Waals surface area contributed by atoms with Gasteiger partial charge in [0, 0.05) is 37.0 Å². The van der Waals surface area contributed by atoms with Crippen molar-refractivity contribution in [3.8, 4) is 0 Å². The van der Waals surface area contributed by atoms with Gasteiger partial charge >= 0.3 is 0 Å². The lowest BCUT2D eigenvalue weighted by molar-refractivity contribution is -0.141. The predicted molar refractivity (Wildman–Crippen MR) is 136 cm³/mol. The molecule has 36 heavy (non-hydrogen) atoms. The van der Waals surface area contributed by atoms with Crippen molar-refractivity contribution in [2.24, 2.45) is 11.8 Å². The van der Waals surface area contributed by atoms with Crippen molar-refractivity contribution in [1.29, 1.82) is 0 Å². The maximum Gasteiger partial charge on any atom is 0.246 e. The minimum atomic E-state index is -1.15. The first-order valence-electron chi connectivity index (χ1n) is 12.9. The molecule has 5 atom stereocenters. The van der Waals surface area contributed by atoms with Crippen molar-refractivity contribution in [3.05, 3.63) is 40.9 Å². The highest BCUT2D eigenvalue weighted by Gasteiger charge is 2.72. The van der Waals surface area contributed by atoms with Crippen LogP contribution in [0.25, 0.3) is 0 Å². The Balaban J connectivity index is 1.41. The summed E-state index contributed by atoms with van der Waals surface area (Å²) in [4.78, 5) is 42.6. The standard InChI is InChI=1S/C27H34ClN3O5/c1-16-9-10-18(15-19(16)28)30-24(32)21-20-11-12-27(36-20)22(21)26(34)31(13-6-14-35-2)23(27)25(33)29-17-7-4-3-5-8-17/h9-12,15,17,20-23H,3-8,13-14H2,1-2H3,(H,29,33)(H,30,32)/t20-,21+,22-,23-,27-/m0/s1. The van der Waals surface area contributed by atoms with E-state index in [9.17, 15) is 14.4 Å². The van der Waals surface area contributed by atoms with Crippen molar-refractivity contribution in [1.82, 2.24) is 10.2 Å². The number of aryl methyl sites for hydroxylation is 1. The number of carbonyl (C=O) groups is 3. The summed E-state index contributed by atoms with van der Waals surface area (Å²) in [6, 6.07) is 4.60. The maximum atomic E-state index is 13.8. The van der Waals surface area contributed by atoms with Gasteiger partial charge in [0.15, 0.2) is 0 Å². The summed E-state index contributed by atoms with van der Waals surface area (Å²) in [5, 5.41) is 6.66. The lowest BCUT2D eigenvalue weighted by Gasteiger charge is -2.34. The van der Waals surface area contributed by atoms with Gasteiger partial charge in [-0.2, -0.15) is 0 Å². The molecule has 3 heterocycles. The zero-order chi connectivity index (χ0) is 25.4. The molecule has 1 spiro atoms. The van der Waals surface area contributed by atoms with Crippen LogP contribution in [0.5, 0.6) is 0 Å². The first-order valence-corrected chi connectivity index (χ1v) is 13.3. The van der Waals surface area contributed by atoms with E-state index in [0.717, 1.165) is 31.2 Å². The van der Waals surface area contributed by atoms with E-state index in [4.69, 9.17) is 21.1 Å². The largest absolute Gasteiger partial charge is 0.385 e. The molecular formula is C27H34ClN3O5. The van der Waals surface area contributed by atoms with E-state index in [1.54, 1.807) is 24.1 Å². The van der Waals surface area contributed by atoms with Crippen molar-refractivity contribution in [2.45, 2.75) is 69.2 Å². The molecule has 3 aliphatic heterocycles. The van der Waals surface area contributed by atoms with E-state index in [2.05, 4.69) is 10.6 Å². The van der Waals surface area contributed by atoms with Crippen molar-refractivity contribution < 1.29 is 23.9 Å². The summed E-state index contributed by atoms with van der Waals surface area (Å²) >= 11 is 6.24. The number of fused-ring (bicyclic) bond motifs is 1. The van der Waals surface area contributed by atoms with Crippen LogP contribution in [0.3, 0.4) is 0 Å². The molecule has 5 rings (SSSR count). The molecule has 4 aliphatic rings. The van der Waals surface area contributed by atoms with Crippen LogP contribution >= 0.6 is 11.6 Å². The van der Waals surface area contributed by atoms with Gasteiger partial charge in [0.1, 0.15) is 11.6 Å². The smallest absolute Gasteiger partial charge is 0.246 e. The number of methoxy groups -OCH3 is 1. The molecule has 1 aliphatic carbocycles. The van der Waals surface area contributed by atoms with Crippen LogP contribution < -0.4 is 10.6 Å². The number of hydrogen-bond acceptors (Lipinski definition) is 5. The topological polar surface area (TPSA) is 97.0 Å². The number of benzene rings is 1. The molecule has 9 heteroatoms. The van der Waals surface area contributed by atoms with Gasteiger partial charge in [-0.1, -0.05) is 49.1 Å². The molecule has 0 unspecified atom stereocenters. The van der Waals surface area contributed by atoms with E-state index < -0.39 is 29.6 Å². The molecule has 2 bridgehead atoms. The molecular weight excluding hydrogens is 482 g/mol. The Hall–Kier alpha value is -2.42. The average Bonchev–Trinajstić information content (AvgIpc) is 3.50. The highest BCUT2D eigenvalue weighted by molar-refractivity contribution is 6.31. The van der Waals surface area contributed by atoms with Crippen LogP contribution in [0.2, 0.25) is 5.02 Å². The second kappa shape index (κ2) is 10.1. The van der Waals surface area contributed by atoms with Crippen LogP contribution in [-0.4, -0.2) is 66.7 Å². The summed E-state index contributed by atoms with van der Waals surface area (Å²) < 4.78 is 11.6. The van der Waals surface area contributed by atoms with E-state index in [1.807, 2.05) is 25.1 Å². The van der Waals surface area contributed by atoms with Gasteiger partial charge in [0.25, 0.3) is 0 Å². The maximum absolute atomic E-state index is 13.8. The Morgan fingerprint density at radius 3 is 2.72 bits per heavy atom. The number of anilines is 1. The first-order chi connectivity index (χ1) is 17.4. The number of ether oxygens (including phenoxy) is 2. The van der Waals surface area contributed by atoms with Gasteiger partial charge in [0.2, 0.25) is 17.7 Å². The van der Waals surface area contributed by atoms with Gasteiger partial charge in [-0.25, -0.2) is 0 Å². The third kappa shape index (κ3) is 4.33. The minimum Gasteiger partial charge on any atom is -0.385 e. The number of likely N-dealkylation sites (tertiary alicyclic amines) is 1. The monoisotopic (exact) mass is 515 g/mol. The molecule has 194 valence electrons. The zero-order valence-electron chi connectivity index (χ0n) is 20.8. The molecule has 1 saturated carbocycles. The van der Waals surface area contributed by atoms with Crippen molar-refractivity contribution in [3.63, 3.8) is 0 Å². The normalized spacial score (nSPS) is 31.1. The summed E-state index contributed by atoms with van der Waals surface area (Å²) in [5.74, 6) is -2.23. The summed E-state index contributed by atoms with van der Waals surface area (Å²) in [6.45, 7) is 2.72.